The van der Waals surface area contributed by atoms with Gasteiger partial charge in [0.2, 0.25) is 0 Å². The lowest BCUT2D eigenvalue weighted by Crippen LogP contribution is -2.23. The Morgan fingerprint density at radius 3 is 0.857 bits per heavy atom. The highest BCUT2D eigenvalue weighted by Crippen LogP contribution is 2.52. The van der Waals surface area contributed by atoms with Crippen molar-refractivity contribution < 1.29 is 0 Å². The van der Waals surface area contributed by atoms with E-state index >= 15 is 0 Å². The molecule has 42 heavy (non-hydrogen) atoms. The van der Waals surface area contributed by atoms with Crippen LogP contribution in [0, 0.1) is 0 Å². The van der Waals surface area contributed by atoms with Gasteiger partial charge in [0, 0.05) is 48.7 Å². The van der Waals surface area contributed by atoms with E-state index in [0.29, 0.717) is 0 Å². The molecule has 2 aliphatic rings. The topological polar surface area (TPSA) is 6.48 Å². The summed E-state index contributed by atoms with van der Waals surface area (Å²) < 4.78 is 0. The van der Waals surface area contributed by atoms with E-state index in [1.165, 1.54) is 67.3 Å². The van der Waals surface area contributed by atoms with Crippen LogP contribution in [0.4, 0.5) is 22.7 Å². The molecule has 0 aliphatic carbocycles. The normalized spacial score (nSPS) is 14.1. The molecule has 0 atom stereocenters. The monoisotopic (exact) mass is 540 g/mol. The summed E-state index contributed by atoms with van der Waals surface area (Å²) in [6.45, 7) is 0. The van der Waals surface area contributed by atoms with Crippen LogP contribution in [0.5, 0.6) is 0 Å². The minimum Gasteiger partial charge on any atom is -0.344 e. The smallest absolute Gasteiger partial charge is 0.0450 e. The van der Waals surface area contributed by atoms with Crippen LogP contribution >= 0.6 is 0 Å². The molecular formula is C40H32N2. The van der Waals surface area contributed by atoms with Crippen molar-refractivity contribution in [1.82, 2.24) is 0 Å². The van der Waals surface area contributed by atoms with E-state index in [2.05, 4.69) is 169 Å². The van der Waals surface area contributed by atoms with Crippen molar-refractivity contribution >= 4 is 22.7 Å². The second-order valence-electron chi connectivity index (χ2n) is 11.4. The molecule has 0 N–H and O–H groups in total. The standard InChI is InChI=1S/C40H32N2/c1-41-35-23-11-7-19-31(35)39(32-20-8-12-24-36(32)41)29-17-5-3-15-27(29)28-16-4-6-18-30(28)40-33-21-9-13-25-37(33)42(2)38-26-14-10-22-34(38)40/h3-26,39-40H,1-2H3. The quantitative estimate of drug-likeness (QED) is 0.220. The third-order valence-electron chi connectivity index (χ3n) is 9.27. The second kappa shape index (κ2) is 9.78. The molecule has 0 unspecified atom stereocenters. The highest BCUT2D eigenvalue weighted by Gasteiger charge is 2.34. The Hall–Kier alpha value is -5.08. The Bertz CT molecular complexity index is 1720. The van der Waals surface area contributed by atoms with Gasteiger partial charge >= 0.3 is 0 Å². The van der Waals surface area contributed by atoms with Gasteiger partial charge in [-0.2, -0.15) is 0 Å². The second-order valence-corrected chi connectivity index (χ2v) is 11.4. The van der Waals surface area contributed by atoms with Crippen molar-refractivity contribution in [3.63, 3.8) is 0 Å². The van der Waals surface area contributed by atoms with Crippen LogP contribution in [0.2, 0.25) is 0 Å². The van der Waals surface area contributed by atoms with E-state index < -0.39 is 0 Å². The van der Waals surface area contributed by atoms with Crippen molar-refractivity contribution in [2.24, 2.45) is 0 Å². The van der Waals surface area contributed by atoms with Crippen LogP contribution in [0.25, 0.3) is 11.1 Å². The zero-order chi connectivity index (χ0) is 28.2. The molecule has 0 amide bonds. The Labute approximate surface area is 248 Å². The molecule has 0 saturated heterocycles. The molecule has 0 saturated carbocycles. The molecule has 0 aromatic heterocycles. The average Bonchev–Trinajstić information content (AvgIpc) is 3.06. The molecule has 202 valence electrons. The Balaban J connectivity index is 1.37. The lowest BCUT2D eigenvalue weighted by Gasteiger charge is -2.37. The minimum absolute atomic E-state index is 0.134. The predicted octanol–water partition coefficient (Wildman–Crippen LogP) is 9.88. The fraction of sp³-hybridized carbons (Fsp3) is 0.100. The first-order valence-corrected chi connectivity index (χ1v) is 14.7. The Morgan fingerprint density at radius 2 is 0.548 bits per heavy atom. The van der Waals surface area contributed by atoms with E-state index in [-0.39, 0.29) is 11.8 Å². The van der Waals surface area contributed by atoms with E-state index in [9.17, 15) is 0 Å². The van der Waals surface area contributed by atoms with Gasteiger partial charge < -0.3 is 9.80 Å². The lowest BCUT2D eigenvalue weighted by molar-refractivity contribution is 0.918. The molecule has 2 heteroatoms. The van der Waals surface area contributed by atoms with Gasteiger partial charge in [-0.05, 0) is 68.8 Å². The number of para-hydroxylation sites is 4. The number of hydrogen-bond donors (Lipinski definition) is 0. The molecule has 0 spiro atoms. The molecule has 6 aromatic carbocycles. The summed E-state index contributed by atoms with van der Waals surface area (Å²) >= 11 is 0. The molecule has 2 nitrogen and oxygen atoms in total. The van der Waals surface area contributed by atoms with Crippen LogP contribution in [0.1, 0.15) is 45.2 Å². The van der Waals surface area contributed by atoms with Gasteiger partial charge in [-0.25, -0.2) is 0 Å². The zero-order valence-corrected chi connectivity index (χ0v) is 23.9. The summed E-state index contributed by atoms with van der Waals surface area (Å²) in [7, 11) is 4.37. The van der Waals surface area contributed by atoms with Crippen LogP contribution in [-0.2, 0) is 0 Å². The lowest BCUT2D eigenvalue weighted by atomic mass is 9.74. The van der Waals surface area contributed by atoms with E-state index in [1.54, 1.807) is 0 Å². The molecule has 2 heterocycles. The predicted molar refractivity (Wildman–Crippen MR) is 176 cm³/mol. The summed E-state index contributed by atoms with van der Waals surface area (Å²) in [6, 6.07) is 53.6. The van der Waals surface area contributed by atoms with Crippen LogP contribution in [0.3, 0.4) is 0 Å². The summed E-state index contributed by atoms with van der Waals surface area (Å²) in [4.78, 5) is 4.67. The molecule has 0 radical (unpaired) electrons. The van der Waals surface area contributed by atoms with E-state index in [4.69, 9.17) is 0 Å². The third-order valence-corrected chi connectivity index (χ3v) is 9.27. The average molecular weight is 541 g/mol. The summed E-state index contributed by atoms with van der Waals surface area (Å²) in [5.41, 5.74) is 15.7. The number of rotatable bonds is 3. The van der Waals surface area contributed by atoms with Crippen molar-refractivity contribution in [2.45, 2.75) is 11.8 Å². The first kappa shape index (κ1) is 24.7. The van der Waals surface area contributed by atoms with Crippen LogP contribution in [0.15, 0.2) is 146 Å². The SMILES string of the molecule is CN1c2ccccc2C(c2ccccc2-c2ccccc2C2c3ccccc3N(C)c3ccccc32)c2ccccc21. The molecule has 8 rings (SSSR count). The summed E-state index contributed by atoms with van der Waals surface area (Å²) in [5, 5.41) is 0. The maximum Gasteiger partial charge on any atom is 0.0450 e. The fourth-order valence-corrected chi connectivity index (χ4v) is 7.40. The number of nitrogens with zero attached hydrogens (tertiary/aromatic N) is 2. The molecular weight excluding hydrogens is 508 g/mol. The van der Waals surface area contributed by atoms with Gasteiger partial charge in [0.25, 0.3) is 0 Å². The van der Waals surface area contributed by atoms with Gasteiger partial charge in [0.05, 0.1) is 0 Å². The largest absolute Gasteiger partial charge is 0.344 e. The molecule has 0 fully saturated rings. The number of hydrogen-bond acceptors (Lipinski definition) is 2. The van der Waals surface area contributed by atoms with Gasteiger partial charge in [-0.3, -0.25) is 0 Å². The third kappa shape index (κ3) is 3.65. The number of anilines is 4. The van der Waals surface area contributed by atoms with E-state index in [1.807, 2.05) is 0 Å². The van der Waals surface area contributed by atoms with Gasteiger partial charge in [0.15, 0.2) is 0 Å². The number of fused-ring (bicyclic) bond motifs is 4. The minimum atomic E-state index is 0.134. The number of benzene rings is 6. The molecule has 6 aromatic rings. The van der Waals surface area contributed by atoms with Gasteiger partial charge in [-0.1, -0.05) is 121 Å². The fourth-order valence-electron chi connectivity index (χ4n) is 7.40. The summed E-state index contributed by atoms with van der Waals surface area (Å²) in [6.07, 6.45) is 0. The first-order chi connectivity index (χ1) is 20.7. The Kier molecular flexibility index (Phi) is 5.75. The van der Waals surface area contributed by atoms with Crippen LogP contribution in [-0.4, -0.2) is 14.1 Å². The van der Waals surface area contributed by atoms with Crippen molar-refractivity contribution in [1.29, 1.82) is 0 Å². The van der Waals surface area contributed by atoms with Crippen molar-refractivity contribution in [2.75, 3.05) is 23.9 Å². The molecule has 2 aliphatic heterocycles. The van der Waals surface area contributed by atoms with Crippen LogP contribution < -0.4 is 9.80 Å². The van der Waals surface area contributed by atoms with E-state index in [0.717, 1.165) is 0 Å². The first-order valence-electron chi connectivity index (χ1n) is 14.7. The zero-order valence-electron chi connectivity index (χ0n) is 23.9. The Morgan fingerprint density at radius 1 is 0.310 bits per heavy atom. The highest BCUT2D eigenvalue weighted by molar-refractivity contribution is 5.84. The van der Waals surface area contributed by atoms with Gasteiger partial charge in [-0.15, -0.1) is 0 Å². The highest BCUT2D eigenvalue weighted by atomic mass is 15.1. The summed E-state index contributed by atoms with van der Waals surface area (Å²) in [5.74, 6) is 0.268. The maximum absolute atomic E-state index is 2.34. The molecule has 0 bridgehead atoms. The van der Waals surface area contributed by atoms with Crippen molar-refractivity contribution in [3.05, 3.63) is 179 Å². The van der Waals surface area contributed by atoms with Gasteiger partial charge in [0.1, 0.15) is 0 Å². The van der Waals surface area contributed by atoms with Crippen molar-refractivity contribution in [3.8, 4) is 11.1 Å². The maximum atomic E-state index is 2.34.